The third-order valence-electron chi connectivity index (χ3n) is 5.35. The largest absolute Gasteiger partial charge is 0.494 e. The summed E-state index contributed by atoms with van der Waals surface area (Å²) < 4.78 is 5.65. The van der Waals surface area contributed by atoms with E-state index in [0.717, 1.165) is 34.5 Å². The van der Waals surface area contributed by atoms with E-state index in [0.29, 0.717) is 28.4 Å². The molecule has 2 aromatic heterocycles. The van der Waals surface area contributed by atoms with Crippen LogP contribution in [0.3, 0.4) is 0 Å². The van der Waals surface area contributed by atoms with Crippen molar-refractivity contribution in [2.75, 3.05) is 11.9 Å². The van der Waals surface area contributed by atoms with Gasteiger partial charge in [0, 0.05) is 16.6 Å². The molecule has 0 saturated carbocycles. The van der Waals surface area contributed by atoms with Crippen molar-refractivity contribution in [3.05, 3.63) is 75.7 Å². The molecule has 0 saturated heterocycles. The number of fused-ring (bicyclic) bond motifs is 1. The summed E-state index contributed by atoms with van der Waals surface area (Å²) in [6, 6.07) is 15.5. The topological polar surface area (TPSA) is 84.1 Å². The number of hydrogen-bond donors (Lipinski definition) is 2. The maximum atomic E-state index is 12.8. The molecule has 0 aliphatic rings. The number of carbonyl (C=O) groups excluding carboxylic acids is 1. The van der Waals surface area contributed by atoms with E-state index in [9.17, 15) is 9.59 Å². The van der Waals surface area contributed by atoms with Gasteiger partial charge in [-0.25, -0.2) is 4.98 Å². The number of aromatic nitrogens is 2. The molecule has 34 heavy (non-hydrogen) atoms. The lowest BCUT2D eigenvalue weighted by atomic mass is 10.1. The summed E-state index contributed by atoms with van der Waals surface area (Å²) >= 11 is 2.89. The van der Waals surface area contributed by atoms with Gasteiger partial charge in [-0.1, -0.05) is 37.3 Å². The Bertz CT molecular complexity index is 1350. The Kier molecular flexibility index (Phi) is 7.70. The van der Waals surface area contributed by atoms with Crippen molar-refractivity contribution in [2.45, 2.75) is 38.2 Å². The van der Waals surface area contributed by atoms with Gasteiger partial charge in [-0.05, 0) is 49.6 Å². The Labute approximate surface area is 206 Å². The number of amides is 1. The highest BCUT2D eigenvalue weighted by Crippen LogP contribution is 2.31. The molecule has 0 radical (unpaired) electrons. The number of anilines is 1. The van der Waals surface area contributed by atoms with Gasteiger partial charge >= 0.3 is 0 Å². The molecule has 0 fully saturated rings. The van der Waals surface area contributed by atoms with Crippen LogP contribution in [0.4, 0.5) is 5.69 Å². The van der Waals surface area contributed by atoms with Crippen LogP contribution in [-0.2, 0) is 10.5 Å². The van der Waals surface area contributed by atoms with Crippen LogP contribution >= 0.6 is 23.1 Å². The number of aryl methyl sites for hydroxylation is 1. The first-order chi connectivity index (χ1) is 16.5. The summed E-state index contributed by atoms with van der Waals surface area (Å²) in [7, 11) is 0. The second kappa shape index (κ2) is 10.9. The molecule has 2 heterocycles. The molecule has 0 bridgehead atoms. The van der Waals surface area contributed by atoms with E-state index in [1.54, 1.807) is 0 Å². The number of aromatic amines is 1. The summed E-state index contributed by atoms with van der Waals surface area (Å²) in [5.41, 5.74) is 3.44. The molecule has 0 aliphatic heterocycles. The number of thioether (sulfide) groups is 1. The molecule has 0 aliphatic carbocycles. The second-order valence-electron chi connectivity index (χ2n) is 7.98. The standard InChI is InChI=1S/C26H27N3O3S2/c1-4-12-32-19-10-11-21(16(2)13-19)27-24(30)17(3)33-15-22-28-25(31)23-20(14-34-26(23)29-22)18-8-6-5-7-9-18/h5-11,13-14,17H,4,12,15H2,1-3H3,(H,27,30)(H,28,29,31). The van der Waals surface area contributed by atoms with Crippen LogP contribution in [0.1, 0.15) is 31.7 Å². The molecular formula is C26H27N3O3S2. The van der Waals surface area contributed by atoms with E-state index < -0.39 is 0 Å². The first kappa shape index (κ1) is 24.0. The highest BCUT2D eigenvalue weighted by atomic mass is 32.2. The summed E-state index contributed by atoms with van der Waals surface area (Å²) in [5.74, 6) is 1.70. The summed E-state index contributed by atoms with van der Waals surface area (Å²) in [5, 5.41) is 5.24. The van der Waals surface area contributed by atoms with Gasteiger partial charge < -0.3 is 15.0 Å². The van der Waals surface area contributed by atoms with Gasteiger partial charge in [0.25, 0.3) is 5.56 Å². The zero-order chi connectivity index (χ0) is 24.1. The first-order valence-corrected chi connectivity index (χ1v) is 13.1. The van der Waals surface area contributed by atoms with Crippen LogP contribution in [0.2, 0.25) is 0 Å². The smallest absolute Gasteiger partial charge is 0.260 e. The van der Waals surface area contributed by atoms with Crippen molar-refractivity contribution in [3.63, 3.8) is 0 Å². The fraction of sp³-hybridized carbons (Fsp3) is 0.269. The SMILES string of the molecule is CCCOc1ccc(NC(=O)C(C)SCc2nc3scc(-c4ccccc4)c3c(=O)[nH]2)c(C)c1. The van der Waals surface area contributed by atoms with E-state index in [-0.39, 0.29) is 16.7 Å². The number of H-pyrrole nitrogens is 1. The number of rotatable bonds is 9. The number of nitrogens with one attached hydrogen (secondary N) is 2. The lowest BCUT2D eigenvalue weighted by Gasteiger charge is -2.14. The Morgan fingerprint density at radius 1 is 1.24 bits per heavy atom. The number of ether oxygens (including phenoxy) is 1. The van der Waals surface area contributed by atoms with Crippen molar-refractivity contribution in [1.82, 2.24) is 9.97 Å². The molecule has 2 aromatic carbocycles. The number of hydrogen-bond acceptors (Lipinski definition) is 6. The average molecular weight is 494 g/mol. The minimum Gasteiger partial charge on any atom is -0.494 e. The number of benzene rings is 2. The van der Waals surface area contributed by atoms with E-state index in [2.05, 4.69) is 22.2 Å². The van der Waals surface area contributed by atoms with Crippen molar-refractivity contribution >= 4 is 44.9 Å². The summed E-state index contributed by atoms with van der Waals surface area (Å²) in [6.45, 7) is 6.52. The van der Waals surface area contributed by atoms with Gasteiger partial charge in [-0.2, -0.15) is 0 Å². The quantitative estimate of drug-likeness (QED) is 0.298. The summed E-state index contributed by atoms with van der Waals surface area (Å²) in [6.07, 6.45) is 0.944. The normalized spacial score (nSPS) is 12.0. The van der Waals surface area contributed by atoms with Crippen LogP contribution in [0, 0.1) is 6.92 Å². The lowest BCUT2D eigenvalue weighted by molar-refractivity contribution is -0.115. The molecule has 0 spiro atoms. The fourth-order valence-corrected chi connectivity index (χ4v) is 5.21. The Morgan fingerprint density at radius 2 is 2.03 bits per heavy atom. The van der Waals surface area contributed by atoms with Crippen molar-refractivity contribution in [2.24, 2.45) is 0 Å². The minimum atomic E-state index is -0.320. The van der Waals surface area contributed by atoms with Crippen LogP contribution in [0.15, 0.2) is 58.7 Å². The molecule has 1 unspecified atom stereocenters. The predicted molar refractivity (Wildman–Crippen MR) is 142 cm³/mol. The number of carbonyl (C=O) groups is 1. The van der Waals surface area contributed by atoms with Crippen molar-refractivity contribution in [1.29, 1.82) is 0 Å². The molecule has 1 atom stereocenters. The average Bonchev–Trinajstić information content (AvgIpc) is 3.28. The van der Waals surface area contributed by atoms with Gasteiger partial charge in [0.15, 0.2) is 0 Å². The second-order valence-corrected chi connectivity index (χ2v) is 10.2. The van der Waals surface area contributed by atoms with E-state index >= 15 is 0 Å². The van der Waals surface area contributed by atoms with Crippen LogP contribution in [-0.4, -0.2) is 27.7 Å². The molecule has 1 amide bonds. The number of thiophene rings is 1. The molecule has 4 aromatic rings. The van der Waals surface area contributed by atoms with Gasteiger partial charge in [0.2, 0.25) is 5.91 Å². The molecular weight excluding hydrogens is 466 g/mol. The van der Waals surface area contributed by atoms with E-state index in [1.807, 2.05) is 67.8 Å². The fourth-order valence-electron chi connectivity index (χ4n) is 3.49. The van der Waals surface area contributed by atoms with Gasteiger partial charge in [-0.3, -0.25) is 9.59 Å². The predicted octanol–water partition coefficient (Wildman–Crippen LogP) is 6.01. The van der Waals surface area contributed by atoms with Crippen LogP contribution in [0.25, 0.3) is 21.3 Å². The molecule has 2 N–H and O–H groups in total. The Hall–Kier alpha value is -3.10. The highest BCUT2D eigenvalue weighted by Gasteiger charge is 2.17. The first-order valence-electron chi connectivity index (χ1n) is 11.2. The van der Waals surface area contributed by atoms with E-state index in [4.69, 9.17) is 4.74 Å². The van der Waals surface area contributed by atoms with Crippen LogP contribution in [0.5, 0.6) is 5.75 Å². The van der Waals surface area contributed by atoms with Gasteiger partial charge in [-0.15, -0.1) is 23.1 Å². The molecule has 8 heteroatoms. The third-order valence-corrected chi connectivity index (χ3v) is 7.37. The highest BCUT2D eigenvalue weighted by molar-refractivity contribution is 7.99. The maximum Gasteiger partial charge on any atom is 0.260 e. The number of nitrogens with zero attached hydrogens (tertiary/aromatic N) is 1. The monoisotopic (exact) mass is 493 g/mol. The van der Waals surface area contributed by atoms with Crippen LogP contribution < -0.4 is 15.6 Å². The van der Waals surface area contributed by atoms with Crippen molar-refractivity contribution < 1.29 is 9.53 Å². The molecule has 4 rings (SSSR count). The maximum absolute atomic E-state index is 12.8. The summed E-state index contributed by atoms with van der Waals surface area (Å²) in [4.78, 5) is 33.8. The lowest BCUT2D eigenvalue weighted by Crippen LogP contribution is -2.23. The Morgan fingerprint density at radius 3 is 2.76 bits per heavy atom. The van der Waals surface area contributed by atoms with Crippen molar-refractivity contribution in [3.8, 4) is 16.9 Å². The molecule has 6 nitrogen and oxygen atoms in total. The van der Waals surface area contributed by atoms with Gasteiger partial charge in [0.1, 0.15) is 16.4 Å². The third kappa shape index (κ3) is 5.51. The zero-order valence-electron chi connectivity index (χ0n) is 19.4. The minimum absolute atomic E-state index is 0.0961. The van der Waals surface area contributed by atoms with Gasteiger partial charge in [0.05, 0.1) is 23.0 Å². The molecule has 176 valence electrons. The zero-order valence-corrected chi connectivity index (χ0v) is 21.0. The van der Waals surface area contributed by atoms with E-state index in [1.165, 1.54) is 23.1 Å². The Balaban J connectivity index is 1.41.